The molecule has 1 N–H and O–H groups in total. The Morgan fingerprint density at radius 3 is 2.26 bits per heavy atom. The molecule has 0 fully saturated rings. The van der Waals surface area contributed by atoms with Crippen molar-refractivity contribution in [2.75, 3.05) is 19.8 Å². The molecule has 0 spiro atoms. The van der Waals surface area contributed by atoms with Crippen LogP contribution in [0.4, 0.5) is 13.2 Å². The van der Waals surface area contributed by atoms with Crippen molar-refractivity contribution < 1.29 is 27.8 Å². The largest absolute Gasteiger partial charge is 0.490 e. The van der Waals surface area contributed by atoms with Crippen molar-refractivity contribution >= 4 is 0 Å². The average molecular weight is 326 g/mol. The fraction of sp³-hybridized carbons (Fsp3) is 0.294. The third-order valence-electron chi connectivity index (χ3n) is 2.98. The Balaban J connectivity index is 1.91. The maximum atomic E-state index is 12.0. The van der Waals surface area contributed by atoms with E-state index < -0.39 is 25.5 Å². The summed E-state index contributed by atoms with van der Waals surface area (Å²) in [5.41, 5.74) is 1.79. The van der Waals surface area contributed by atoms with E-state index in [0.717, 1.165) is 11.1 Å². The van der Waals surface area contributed by atoms with E-state index in [1.165, 1.54) is 0 Å². The van der Waals surface area contributed by atoms with Gasteiger partial charge in [-0.15, -0.1) is 0 Å². The summed E-state index contributed by atoms with van der Waals surface area (Å²) in [7, 11) is 0. The van der Waals surface area contributed by atoms with Crippen molar-refractivity contribution in [3.63, 3.8) is 0 Å². The van der Waals surface area contributed by atoms with Gasteiger partial charge in [-0.2, -0.15) is 13.2 Å². The van der Waals surface area contributed by atoms with Crippen LogP contribution in [0.1, 0.15) is 0 Å². The number of benzene rings is 2. The van der Waals surface area contributed by atoms with Gasteiger partial charge in [0.1, 0.15) is 25.1 Å². The molecule has 3 nitrogen and oxygen atoms in total. The van der Waals surface area contributed by atoms with Crippen LogP contribution in [-0.2, 0) is 4.74 Å². The Morgan fingerprint density at radius 2 is 1.57 bits per heavy atom. The molecule has 6 heteroatoms. The molecule has 0 aliphatic carbocycles. The lowest BCUT2D eigenvalue weighted by atomic mass is 10.1. The summed E-state index contributed by atoms with van der Waals surface area (Å²) in [5, 5.41) is 9.65. The molecule has 2 rings (SSSR count). The fourth-order valence-electron chi connectivity index (χ4n) is 1.99. The van der Waals surface area contributed by atoms with E-state index in [4.69, 9.17) is 4.74 Å². The summed E-state index contributed by atoms with van der Waals surface area (Å²) in [6.45, 7) is -1.97. The molecule has 0 aliphatic rings. The van der Waals surface area contributed by atoms with Gasteiger partial charge in [0.25, 0.3) is 0 Å². The Labute approximate surface area is 132 Å². The van der Waals surface area contributed by atoms with Crippen molar-refractivity contribution in [1.82, 2.24) is 0 Å². The third-order valence-corrected chi connectivity index (χ3v) is 2.98. The highest BCUT2D eigenvalue weighted by atomic mass is 19.4. The van der Waals surface area contributed by atoms with Crippen LogP contribution < -0.4 is 4.74 Å². The van der Waals surface area contributed by atoms with E-state index >= 15 is 0 Å². The number of halogens is 3. The van der Waals surface area contributed by atoms with E-state index in [2.05, 4.69) is 4.74 Å². The topological polar surface area (TPSA) is 38.7 Å². The number of rotatable bonds is 7. The molecule has 0 aromatic heterocycles. The Bertz CT molecular complexity index is 600. The van der Waals surface area contributed by atoms with Crippen LogP contribution >= 0.6 is 0 Å². The van der Waals surface area contributed by atoms with Crippen LogP contribution in [0.15, 0.2) is 54.6 Å². The van der Waals surface area contributed by atoms with E-state index in [9.17, 15) is 18.3 Å². The van der Waals surface area contributed by atoms with E-state index in [1.54, 1.807) is 12.1 Å². The Kier molecular flexibility index (Phi) is 6.01. The summed E-state index contributed by atoms with van der Waals surface area (Å²) in [6.07, 6.45) is -5.54. The molecule has 2 aromatic carbocycles. The van der Waals surface area contributed by atoms with Gasteiger partial charge in [0, 0.05) is 5.56 Å². The minimum atomic E-state index is -4.40. The second kappa shape index (κ2) is 7.99. The summed E-state index contributed by atoms with van der Waals surface area (Å²) in [6, 6.07) is 16.8. The first kappa shape index (κ1) is 17.3. The van der Waals surface area contributed by atoms with Gasteiger partial charge in [0.15, 0.2) is 0 Å². The number of para-hydroxylation sites is 1. The second-order valence-corrected chi connectivity index (χ2v) is 4.96. The molecule has 0 heterocycles. The monoisotopic (exact) mass is 326 g/mol. The van der Waals surface area contributed by atoms with Crippen molar-refractivity contribution in [2.24, 2.45) is 0 Å². The van der Waals surface area contributed by atoms with Gasteiger partial charge in [0.2, 0.25) is 0 Å². The van der Waals surface area contributed by atoms with Crippen LogP contribution in [0, 0.1) is 0 Å². The molecule has 2 aromatic rings. The van der Waals surface area contributed by atoms with E-state index in [-0.39, 0.29) is 6.61 Å². The number of aliphatic hydroxyl groups is 1. The van der Waals surface area contributed by atoms with Crippen molar-refractivity contribution in [3.05, 3.63) is 54.6 Å². The highest BCUT2D eigenvalue weighted by Gasteiger charge is 2.27. The zero-order valence-electron chi connectivity index (χ0n) is 12.3. The first-order chi connectivity index (χ1) is 11.0. The molecule has 1 unspecified atom stereocenters. The minimum absolute atomic E-state index is 0.151. The number of alkyl halides is 3. The predicted molar refractivity (Wildman–Crippen MR) is 80.3 cm³/mol. The zero-order chi connectivity index (χ0) is 16.7. The van der Waals surface area contributed by atoms with Crippen molar-refractivity contribution in [1.29, 1.82) is 0 Å². The summed E-state index contributed by atoms with van der Waals surface area (Å²) in [5.74, 6) is 0.550. The molecular weight excluding hydrogens is 309 g/mol. The van der Waals surface area contributed by atoms with Gasteiger partial charge in [0.05, 0.1) is 6.61 Å². The molecule has 0 saturated carbocycles. The molecular formula is C17H17F3O3. The quantitative estimate of drug-likeness (QED) is 0.844. The maximum Gasteiger partial charge on any atom is 0.411 e. The fourth-order valence-corrected chi connectivity index (χ4v) is 1.99. The minimum Gasteiger partial charge on any atom is -0.490 e. The molecule has 1 atom stereocenters. The van der Waals surface area contributed by atoms with Crippen molar-refractivity contribution in [3.8, 4) is 16.9 Å². The van der Waals surface area contributed by atoms with Gasteiger partial charge in [-0.05, 0) is 11.6 Å². The van der Waals surface area contributed by atoms with Crippen LogP contribution in [-0.4, -0.2) is 37.2 Å². The normalized spacial score (nSPS) is 12.9. The number of hydrogen-bond acceptors (Lipinski definition) is 3. The highest BCUT2D eigenvalue weighted by molar-refractivity contribution is 5.70. The summed E-state index contributed by atoms with van der Waals surface area (Å²) < 4.78 is 45.8. The van der Waals surface area contributed by atoms with Crippen LogP contribution in [0.3, 0.4) is 0 Å². The first-order valence-corrected chi connectivity index (χ1v) is 7.05. The molecule has 0 amide bonds. The van der Waals surface area contributed by atoms with E-state index in [1.807, 2.05) is 42.5 Å². The number of hydrogen-bond donors (Lipinski definition) is 1. The molecule has 0 bridgehead atoms. The second-order valence-electron chi connectivity index (χ2n) is 4.96. The summed E-state index contributed by atoms with van der Waals surface area (Å²) >= 11 is 0. The van der Waals surface area contributed by atoms with Gasteiger partial charge >= 0.3 is 6.18 Å². The Morgan fingerprint density at radius 1 is 0.913 bits per heavy atom. The SMILES string of the molecule is OC(COCC(F)(F)F)COc1ccccc1-c1ccccc1. The van der Waals surface area contributed by atoms with Crippen LogP contribution in [0.2, 0.25) is 0 Å². The van der Waals surface area contributed by atoms with Crippen LogP contribution in [0.25, 0.3) is 11.1 Å². The summed E-state index contributed by atoms with van der Waals surface area (Å²) in [4.78, 5) is 0. The lowest BCUT2D eigenvalue weighted by Gasteiger charge is -2.16. The predicted octanol–water partition coefficient (Wildman–Crippen LogP) is 3.67. The lowest BCUT2D eigenvalue weighted by Crippen LogP contribution is -2.27. The molecule has 0 radical (unpaired) electrons. The lowest BCUT2D eigenvalue weighted by molar-refractivity contribution is -0.179. The smallest absolute Gasteiger partial charge is 0.411 e. The zero-order valence-corrected chi connectivity index (χ0v) is 12.3. The Hall–Kier alpha value is -2.05. The third kappa shape index (κ3) is 5.92. The van der Waals surface area contributed by atoms with Crippen molar-refractivity contribution in [2.45, 2.75) is 12.3 Å². The van der Waals surface area contributed by atoms with Gasteiger partial charge in [-0.1, -0.05) is 48.5 Å². The molecule has 0 saturated heterocycles. The first-order valence-electron chi connectivity index (χ1n) is 7.05. The van der Waals surface area contributed by atoms with Crippen LogP contribution in [0.5, 0.6) is 5.75 Å². The van der Waals surface area contributed by atoms with Gasteiger partial charge < -0.3 is 14.6 Å². The standard InChI is InChI=1S/C17H17F3O3/c18-17(19,20)12-22-10-14(21)11-23-16-9-5-4-8-15(16)13-6-2-1-3-7-13/h1-9,14,21H,10-12H2. The molecule has 0 aliphatic heterocycles. The molecule has 124 valence electrons. The number of ether oxygens (including phenoxy) is 2. The highest BCUT2D eigenvalue weighted by Crippen LogP contribution is 2.29. The maximum absolute atomic E-state index is 12.0. The van der Waals surface area contributed by atoms with E-state index in [0.29, 0.717) is 5.75 Å². The van der Waals surface area contributed by atoms with Gasteiger partial charge in [-0.25, -0.2) is 0 Å². The number of aliphatic hydroxyl groups excluding tert-OH is 1. The average Bonchev–Trinajstić information content (AvgIpc) is 2.53. The molecule has 23 heavy (non-hydrogen) atoms. The van der Waals surface area contributed by atoms with Gasteiger partial charge in [-0.3, -0.25) is 0 Å².